The summed E-state index contributed by atoms with van der Waals surface area (Å²) in [7, 11) is 1.93. The van der Waals surface area contributed by atoms with Gasteiger partial charge in [0.15, 0.2) is 11.5 Å². The Balaban J connectivity index is 1.44. The number of fused-ring (bicyclic) bond motifs is 5. The average molecular weight is 494 g/mol. The van der Waals surface area contributed by atoms with Crippen molar-refractivity contribution in [3.8, 4) is 17.2 Å². The van der Waals surface area contributed by atoms with Gasteiger partial charge in [0.1, 0.15) is 16.9 Å². The highest BCUT2D eigenvalue weighted by Gasteiger charge is 2.80. The number of hydrogen-bond donors (Lipinski definition) is 2. The van der Waals surface area contributed by atoms with E-state index >= 15 is 0 Å². The summed E-state index contributed by atoms with van der Waals surface area (Å²) in [6, 6.07) is 1.59. The number of rotatable bonds is 0. The molecule has 6 aliphatic heterocycles. The van der Waals surface area contributed by atoms with Gasteiger partial charge in [-0.3, -0.25) is 14.5 Å². The van der Waals surface area contributed by atoms with Gasteiger partial charge in [-0.2, -0.15) is 0 Å². The Hall–Kier alpha value is -2.74. The van der Waals surface area contributed by atoms with E-state index in [1.54, 1.807) is 12.3 Å². The molecule has 1 aliphatic carbocycles. The van der Waals surface area contributed by atoms with Crippen molar-refractivity contribution in [2.24, 2.45) is 17.3 Å². The third kappa shape index (κ3) is 2.15. The number of aromatic hydroxyl groups is 1. The van der Waals surface area contributed by atoms with Crippen LogP contribution >= 0.6 is 0 Å². The first-order valence-electron chi connectivity index (χ1n) is 13.1. The third-order valence-corrected chi connectivity index (χ3v) is 11.0. The van der Waals surface area contributed by atoms with Crippen LogP contribution in [-0.4, -0.2) is 63.5 Å². The molecule has 5 atom stereocenters. The molecule has 7 aliphatic rings. The number of ether oxygens (including phenoxy) is 2. The fourth-order valence-corrected chi connectivity index (χ4v) is 9.14. The monoisotopic (exact) mass is 493 g/mol. The first-order chi connectivity index (χ1) is 16.8. The summed E-state index contributed by atoms with van der Waals surface area (Å²) in [5.41, 5.74) is -2.08. The Morgan fingerprint density at radius 3 is 2.69 bits per heavy atom. The summed E-state index contributed by atoms with van der Waals surface area (Å²) in [6.45, 7) is 12.0. The number of carbonyl (C=O) groups is 2. The SMILES string of the molecule is C[C@H]1CCN2C[C@]34C[C@@]5(C(=O)Nc6c7c(cc(O)c65)OC(C)(C)C=CO7)C(C)(C)[C@@H]3C[C@]12C(=O)N4C. The van der Waals surface area contributed by atoms with Crippen LogP contribution in [0.2, 0.25) is 0 Å². The van der Waals surface area contributed by atoms with E-state index in [1.165, 1.54) is 0 Å². The number of phenols is 1. The van der Waals surface area contributed by atoms with Crippen molar-refractivity contribution in [1.29, 1.82) is 0 Å². The minimum absolute atomic E-state index is 0.0297. The highest BCUT2D eigenvalue weighted by Crippen LogP contribution is 2.73. The van der Waals surface area contributed by atoms with E-state index in [1.807, 2.05) is 31.9 Å². The van der Waals surface area contributed by atoms with Crippen molar-refractivity contribution < 1.29 is 24.2 Å². The lowest BCUT2D eigenvalue weighted by molar-refractivity contribution is -0.189. The number of piperazine rings is 1. The van der Waals surface area contributed by atoms with Gasteiger partial charge in [0.2, 0.25) is 11.8 Å². The van der Waals surface area contributed by atoms with Crippen LogP contribution in [0.1, 0.15) is 59.4 Å². The van der Waals surface area contributed by atoms with Crippen molar-refractivity contribution in [3.63, 3.8) is 0 Å². The van der Waals surface area contributed by atoms with Crippen LogP contribution in [-0.2, 0) is 15.0 Å². The molecule has 5 fully saturated rings. The van der Waals surface area contributed by atoms with Crippen molar-refractivity contribution in [2.45, 2.75) is 76.0 Å². The molecule has 6 heterocycles. The lowest BCUT2D eigenvalue weighted by Gasteiger charge is -2.65. The zero-order valence-corrected chi connectivity index (χ0v) is 21.9. The van der Waals surface area contributed by atoms with Gasteiger partial charge in [-0.05, 0) is 63.0 Å². The van der Waals surface area contributed by atoms with Gasteiger partial charge in [-0.25, -0.2) is 0 Å². The van der Waals surface area contributed by atoms with Crippen LogP contribution < -0.4 is 14.8 Å². The summed E-state index contributed by atoms with van der Waals surface area (Å²) in [5, 5.41) is 14.6. The molecule has 192 valence electrons. The molecule has 0 unspecified atom stereocenters. The molecule has 2 N–H and O–H groups in total. The quantitative estimate of drug-likeness (QED) is 0.576. The lowest BCUT2D eigenvalue weighted by Crippen LogP contribution is -2.79. The van der Waals surface area contributed by atoms with E-state index < -0.39 is 27.5 Å². The number of hydrogen-bond acceptors (Lipinski definition) is 6. The topological polar surface area (TPSA) is 91.3 Å². The molecule has 8 heteroatoms. The molecular formula is C28H35N3O5. The van der Waals surface area contributed by atoms with Crippen LogP contribution in [0.3, 0.4) is 0 Å². The van der Waals surface area contributed by atoms with Crippen LogP contribution in [0.15, 0.2) is 18.4 Å². The van der Waals surface area contributed by atoms with Gasteiger partial charge >= 0.3 is 0 Å². The number of likely N-dealkylation sites (N-methyl/N-ethyl adjacent to an activating group) is 1. The zero-order valence-electron chi connectivity index (χ0n) is 21.9. The average Bonchev–Trinajstić information content (AvgIpc) is 3.30. The third-order valence-electron chi connectivity index (χ3n) is 11.0. The first-order valence-corrected chi connectivity index (χ1v) is 13.1. The Morgan fingerprint density at radius 1 is 1.19 bits per heavy atom. The smallest absolute Gasteiger partial charge is 0.243 e. The van der Waals surface area contributed by atoms with Crippen molar-refractivity contribution in [3.05, 3.63) is 24.0 Å². The molecular weight excluding hydrogens is 458 g/mol. The largest absolute Gasteiger partial charge is 0.507 e. The Bertz CT molecular complexity index is 1290. The van der Waals surface area contributed by atoms with Gasteiger partial charge in [-0.1, -0.05) is 20.8 Å². The van der Waals surface area contributed by atoms with E-state index in [2.05, 4.69) is 31.0 Å². The molecule has 2 amide bonds. The molecule has 1 saturated carbocycles. The van der Waals surface area contributed by atoms with Crippen LogP contribution in [0.5, 0.6) is 17.2 Å². The highest BCUT2D eigenvalue weighted by molar-refractivity contribution is 6.10. The Labute approximate surface area is 211 Å². The van der Waals surface area contributed by atoms with E-state index in [4.69, 9.17) is 9.47 Å². The highest BCUT2D eigenvalue weighted by atomic mass is 16.5. The number of carbonyl (C=O) groups excluding carboxylic acids is 2. The summed E-state index contributed by atoms with van der Waals surface area (Å²) in [4.78, 5) is 32.5. The Morgan fingerprint density at radius 2 is 1.94 bits per heavy atom. The summed E-state index contributed by atoms with van der Waals surface area (Å²) in [5.74, 6) is 1.27. The molecule has 0 radical (unpaired) electrons. The van der Waals surface area contributed by atoms with Gasteiger partial charge in [-0.15, -0.1) is 0 Å². The molecule has 0 aromatic heterocycles. The fourth-order valence-electron chi connectivity index (χ4n) is 9.14. The summed E-state index contributed by atoms with van der Waals surface area (Å²) >= 11 is 0. The van der Waals surface area contributed by atoms with Crippen molar-refractivity contribution >= 4 is 17.5 Å². The first kappa shape index (κ1) is 22.5. The second-order valence-corrected chi connectivity index (χ2v) is 13.1. The zero-order chi connectivity index (χ0) is 25.6. The minimum atomic E-state index is -1.01. The summed E-state index contributed by atoms with van der Waals surface area (Å²) < 4.78 is 12.1. The minimum Gasteiger partial charge on any atom is -0.507 e. The number of benzene rings is 1. The second kappa shape index (κ2) is 6.21. The van der Waals surface area contributed by atoms with Gasteiger partial charge in [0.25, 0.3) is 0 Å². The number of anilines is 1. The van der Waals surface area contributed by atoms with Gasteiger partial charge in [0.05, 0.1) is 22.9 Å². The maximum absolute atomic E-state index is 14.2. The van der Waals surface area contributed by atoms with Crippen LogP contribution in [0.25, 0.3) is 0 Å². The molecule has 1 aromatic rings. The molecule has 4 saturated heterocycles. The Kier molecular flexibility index (Phi) is 3.87. The maximum Gasteiger partial charge on any atom is 0.243 e. The van der Waals surface area contributed by atoms with E-state index in [9.17, 15) is 14.7 Å². The molecule has 3 spiro atoms. The maximum atomic E-state index is 14.2. The number of nitrogens with one attached hydrogen (secondary N) is 1. The van der Waals surface area contributed by atoms with Gasteiger partial charge in [0, 0.05) is 25.2 Å². The summed E-state index contributed by atoms with van der Waals surface area (Å²) in [6.07, 6.45) is 5.63. The standard InChI is InChI=1S/C28H35N3O5/c1-15-7-9-31-14-26-13-27(25(4,5)18(26)12-28(15,31)23(34)30(26)6)19-16(32)11-17-21(20(19)29-22(27)33)35-10-8-24(2,3)36-17/h8,10-11,15,18,32H,7,9,12-14H2,1-6H3,(H,29,33)/t15-,18-,26+,27+,28+/m0/s1. The lowest BCUT2D eigenvalue weighted by atomic mass is 9.56. The number of phenolic OH excluding ortho intramolecular Hbond substituents is 1. The molecule has 36 heavy (non-hydrogen) atoms. The second-order valence-electron chi connectivity index (χ2n) is 13.1. The van der Waals surface area contributed by atoms with Gasteiger partial charge < -0.3 is 24.8 Å². The van der Waals surface area contributed by atoms with Crippen LogP contribution in [0, 0.1) is 17.3 Å². The fraction of sp³-hybridized carbons (Fsp3) is 0.643. The number of nitrogens with zero attached hydrogens (tertiary/aromatic N) is 2. The molecule has 8 nitrogen and oxygen atoms in total. The van der Waals surface area contributed by atoms with Crippen molar-refractivity contribution in [2.75, 3.05) is 25.5 Å². The van der Waals surface area contributed by atoms with E-state index in [-0.39, 0.29) is 29.4 Å². The van der Waals surface area contributed by atoms with Crippen molar-refractivity contribution in [1.82, 2.24) is 9.80 Å². The van der Waals surface area contributed by atoms with E-state index in [0.717, 1.165) is 25.9 Å². The molecule has 2 bridgehead atoms. The molecule has 8 rings (SSSR count). The number of amides is 2. The predicted molar refractivity (Wildman–Crippen MR) is 133 cm³/mol. The molecule has 1 aromatic carbocycles. The number of piperidine rings is 2. The van der Waals surface area contributed by atoms with Crippen LogP contribution in [0.4, 0.5) is 5.69 Å². The normalized spacial score (nSPS) is 40.8. The van der Waals surface area contributed by atoms with E-state index in [0.29, 0.717) is 29.2 Å². The predicted octanol–water partition coefficient (Wildman–Crippen LogP) is 3.39.